The van der Waals surface area contributed by atoms with Crippen molar-refractivity contribution in [2.24, 2.45) is 0 Å². The van der Waals surface area contributed by atoms with Crippen LogP contribution in [-0.2, 0) is 17.8 Å². The fourth-order valence-electron chi connectivity index (χ4n) is 3.88. The molecule has 0 saturated heterocycles. The number of rotatable bonds is 8. The standard InChI is InChI=1S/C25H25Cl2N3O2S/c1-32-21-10-12-22(13-11-21)33-29-24(31)7-3-5-17-4-2-6-18-15-28-30(25(17)18)16-19-8-9-20(26)14-23(19)27/h5,8-15H,2-4,6-7,16H2,1H3,(H,29,31)/b17-5+. The van der Waals surface area contributed by atoms with E-state index in [1.54, 1.807) is 13.2 Å². The lowest BCUT2D eigenvalue weighted by atomic mass is 9.92. The van der Waals surface area contributed by atoms with Crippen LogP contribution in [0.3, 0.4) is 0 Å². The van der Waals surface area contributed by atoms with Crippen LogP contribution in [0.15, 0.2) is 59.6 Å². The van der Waals surface area contributed by atoms with Crippen LogP contribution >= 0.6 is 35.1 Å². The molecule has 1 heterocycles. The molecule has 1 amide bonds. The maximum Gasteiger partial charge on any atom is 0.230 e. The maximum atomic E-state index is 12.3. The van der Waals surface area contributed by atoms with Gasteiger partial charge in [-0.05, 0) is 90.7 Å². The van der Waals surface area contributed by atoms with Gasteiger partial charge in [-0.15, -0.1) is 0 Å². The zero-order valence-corrected chi connectivity index (χ0v) is 20.6. The van der Waals surface area contributed by atoms with E-state index in [-0.39, 0.29) is 5.91 Å². The van der Waals surface area contributed by atoms with Gasteiger partial charge in [0.2, 0.25) is 5.91 Å². The molecule has 0 bridgehead atoms. The van der Waals surface area contributed by atoms with Crippen LogP contribution in [0.25, 0.3) is 5.57 Å². The summed E-state index contributed by atoms with van der Waals surface area (Å²) in [5.41, 5.74) is 4.62. The second-order valence-electron chi connectivity index (χ2n) is 7.84. The third kappa shape index (κ3) is 6.14. The van der Waals surface area contributed by atoms with Crippen LogP contribution in [0.1, 0.15) is 42.5 Å². The normalized spacial score (nSPS) is 14.2. The average molecular weight is 502 g/mol. The van der Waals surface area contributed by atoms with Gasteiger partial charge in [-0.3, -0.25) is 14.2 Å². The van der Waals surface area contributed by atoms with Gasteiger partial charge in [0.15, 0.2) is 0 Å². The van der Waals surface area contributed by atoms with E-state index in [9.17, 15) is 4.79 Å². The number of aromatic nitrogens is 2. The molecule has 1 N–H and O–H groups in total. The number of hydrogen-bond donors (Lipinski definition) is 1. The van der Waals surface area contributed by atoms with E-state index in [1.165, 1.54) is 23.1 Å². The average Bonchev–Trinajstić information content (AvgIpc) is 3.23. The molecule has 3 aromatic rings. The number of aryl methyl sites for hydroxylation is 1. The Bertz CT molecular complexity index is 1160. The van der Waals surface area contributed by atoms with E-state index in [2.05, 4.69) is 15.9 Å². The molecule has 2 aromatic carbocycles. The number of benzene rings is 2. The SMILES string of the molecule is COc1ccc(SNC(=O)CC/C=C2\CCCc3cnn(Cc4ccc(Cl)cc4Cl)c32)cc1. The third-order valence-electron chi connectivity index (χ3n) is 5.55. The molecule has 1 aromatic heterocycles. The van der Waals surface area contributed by atoms with Crippen LogP contribution in [-0.4, -0.2) is 22.8 Å². The Labute approximate surface area is 208 Å². The van der Waals surface area contributed by atoms with E-state index in [1.807, 2.05) is 47.3 Å². The second-order valence-corrected chi connectivity index (χ2v) is 9.56. The smallest absolute Gasteiger partial charge is 0.230 e. The minimum Gasteiger partial charge on any atom is -0.497 e. The first-order valence-electron chi connectivity index (χ1n) is 10.8. The molecule has 172 valence electrons. The highest BCUT2D eigenvalue weighted by molar-refractivity contribution is 7.98. The molecule has 1 aliphatic rings. The van der Waals surface area contributed by atoms with Gasteiger partial charge in [0.25, 0.3) is 0 Å². The minimum atomic E-state index is 0.00477. The Morgan fingerprint density at radius 3 is 2.79 bits per heavy atom. The quantitative estimate of drug-likeness (QED) is 0.354. The lowest BCUT2D eigenvalue weighted by molar-refractivity contribution is -0.119. The number of hydrogen-bond acceptors (Lipinski definition) is 4. The summed E-state index contributed by atoms with van der Waals surface area (Å²) in [5.74, 6) is 0.798. The van der Waals surface area contributed by atoms with Crippen LogP contribution in [0, 0.1) is 0 Å². The number of amides is 1. The van der Waals surface area contributed by atoms with Crippen molar-refractivity contribution in [3.8, 4) is 5.75 Å². The Kier molecular flexibility index (Phi) is 8.02. The predicted octanol–water partition coefficient (Wildman–Crippen LogP) is 6.57. The summed E-state index contributed by atoms with van der Waals surface area (Å²) in [7, 11) is 1.63. The summed E-state index contributed by atoms with van der Waals surface area (Å²) in [6.07, 6.45) is 8.32. The lowest BCUT2D eigenvalue weighted by Crippen LogP contribution is -2.15. The first-order chi connectivity index (χ1) is 16.0. The van der Waals surface area contributed by atoms with Gasteiger partial charge in [-0.2, -0.15) is 5.10 Å². The van der Waals surface area contributed by atoms with Crippen LogP contribution in [0.2, 0.25) is 10.0 Å². The zero-order valence-electron chi connectivity index (χ0n) is 18.3. The van der Waals surface area contributed by atoms with E-state index >= 15 is 0 Å². The number of ether oxygens (including phenoxy) is 1. The summed E-state index contributed by atoms with van der Waals surface area (Å²) in [5, 5.41) is 5.88. The largest absolute Gasteiger partial charge is 0.497 e. The van der Waals surface area contributed by atoms with Crippen molar-refractivity contribution >= 4 is 46.6 Å². The van der Waals surface area contributed by atoms with Gasteiger partial charge in [-0.1, -0.05) is 35.3 Å². The summed E-state index contributed by atoms with van der Waals surface area (Å²) < 4.78 is 10.1. The van der Waals surface area contributed by atoms with Gasteiger partial charge in [0.05, 0.1) is 25.5 Å². The van der Waals surface area contributed by atoms with Crippen molar-refractivity contribution in [1.29, 1.82) is 0 Å². The number of halogens is 2. The van der Waals surface area contributed by atoms with Crippen molar-refractivity contribution in [2.45, 2.75) is 43.5 Å². The monoisotopic (exact) mass is 501 g/mol. The molecule has 0 unspecified atom stereocenters. The molecule has 0 atom stereocenters. The molecule has 5 nitrogen and oxygen atoms in total. The van der Waals surface area contributed by atoms with E-state index < -0.39 is 0 Å². The molecular formula is C25H25Cl2N3O2S. The Hall–Kier alpha value is -2.41. The number of nitrogens with zero attached hydrogens (tertiary/aromatic N) is 2. The van der Waals surface area contributed by atoms with Crippen molar-refractivity contribution in [3.05, 3.63) is 81.6 Å². The summed E-state index contributed by atoms with van der Waals surface area (Å²) in [6.45, 7) is 0.585. The summed E-state index contributed by atoms with van der Waals surface area (Å²) >= 11 is 13.7. The number of allylic oxidation sites excluding steroid dienone is 2. The number of nitrogens with one attached hydrogen (secondary N) is 1. The molecule has 0 aliphatic heterocycles. The Morgan fingerprint density at radius 2 is 2.03 bits per heavy atom. The Morgan fingerprint density at radius 1 is 1.21 bits per heavy atom. The maximum absolute atomic E-state index is 12.3. The molecule has 8 heteroatoms. The molecular weight excluding hydrogens is 477 g/mol. The van der Waals surface area contributed by atoms with Crippen molar-refractivity contribution in [1.82, 2.24) is 14.5 Å². The van der Waals surface area contributed by atoms with E-state index in [0.717, 1.165) is 41.2 Å². The fraction of sp³-hybridized carbons (Fsp3) is 0.280. The van der Waals surface area contributed by atoms with Crippen LogP contribution in [0.5, 0.6) is 5.75 Å². The molecule has 0 saturated carbocycles. The van der Waals surface area contributed by atoms with Crippen molar-refractivity contribution in [2.75, 3.05) is 7.11 Å². The molecule has 33 heavy (non-hydrogen) atoms. The van der Waals surface area contributed by atoms with Gasteiger partial charge < -0.3 is 4.74 Å². The highest BCUT2D eigenvalue weighted by Crippen LogP contribution is 2.32. The number of fused-ring (bicyclic) bond motifs is 1. The first-order valence-corrected chi connectivity index (χ1v) is 12.4. The molecule has 4 rings (SSSR count). The Balaban J connectivity index is 1.37. The molecule has 1 aliphatic carbocycles. The van der Waals surface area contributed by atoms with Gasteiger partial charge in [0, 0.05) is 21.4 Å². The predicted molar refractivity (Wildman–Crippen MR) is 135 cm³/mol. The lowest BCUT2D eigenvalue weighted by Gasteiger charge is -2.18. The first kappa shape index (κ1) is 23.7. The van der Waals surface area contributed by atoms with Gasteiger partial charge in [-0.25, -0.2) is 0 Å². The van der Waals surface area contributed by atoms with Crippen molar-refractivity contribution in [3.63, 3.8) is 0 Å². The minimum absolute atomic E-state index is 0.00477. The summed E-state index contributed by atoms with van der Waals surface area (Å²) in [4.78, 5) is 13.3. The van der Waals surface area contributed by atoms with Gasteiger partial charge >= 0.3 is 0 Å². The fourth-order valence-corrected chi connectivity index (χ4v) is 4.96. The number of methoxy groups -OCH3 is 1. The topological polar surface area (TPSA) is 56.1 Å². The van der Waals surface area contributed by atoms with E-state index in [4.69, 9.17) is 27.9 Å². The zero-order chi connectivity index (χ0) is 23.2. The third-order valence-corrected chi connectivity index (χ3v) is 6.98. The molecule has 0 spiro atoms. The van der Waals surface area contributed by atoms with Gasteiger partial charge in [0.1, 0.15) is 5.75 Å². The van der Waals surface area contributed by atoms with Crippen LogP contribution < -0.4 is 9.46 Å². The second kappa shape index (κ2) is 11.1. The number of carbonyl (C=O) groups excluding carboxylic acids is 1. The highest BCUT2D eigenvalue weighted by atomic mass is 35.5. The van der Waals surface area contributed by atoms with Crippen LogP contribution in [0.4, 0.5) is 0 Å². The highest BCUT2D eigenvalue weighted by Gasteiger charge is 2.20. The number of carbonyl (C=O) groups is 1. The molecule has 0 radical (unpaired) electrons. The summed E-state index contributed by atoms with van der Waals surface area (Å²) in [6, 6.07) is 13.1. The van der Waals surface area contributed by atoms with E-state index in [0.29, 0.717) is 29.4 Å². The molecule has 0 fully saturated rings. The van der Waals surface area contributed by atoms with Crippen molar-refractivity contribution < 1.29 is 9.53 Å².